The van der Waals surface area contributed by atoms with E-state index in [1.165, 1.54) is 25.8 Å². The van der Waals surface area contributed by atoms with E-state index < -0.39 is 6.09 Å². The topological polar surface area (TPSA) is 80.0 Å². The van der Waals surface area contributed by atoms with Crippen LogP contribution in [-0.2, 0) is 0 Å². The molecule has 0 spiro atoms. The summed E-state index contributed by atoms with van der Waals surface area (Å²) >= 11 is 0. The minimum Gasteiger partial charge on any atom is -0.494 e. The normalized spacial score (nSPS) is 18.6. The van der Waals surface area contributed by atoms with Gasteiger partial charge in [0.2, 0.25) is 0 Å². The summed E-state index contributed by atoms with van der Waals surface area (Å²) in [5.41, 5.74) is 0.659. The highest BCUT2D eigenvalue weighted by Gasteiger charge is 2.22. The molecule has 7 nitrogen and oxygen atoms in total. The lowest BCUT2D eigenvalue weighted by molar-refractivity contribution is 0.118. The molecule has 2 aliphatic heterocycles. The van der Waals surface area contributed by atoms with Gasteiger partial charge in [-0.3, -0.25) is 0 Å². The fourth-order valence-electron chi connectivity index (χ4n) is 4.52. The number of hydrogen-bond acceptors (Lipinski definition) is 5. The van der Waals surface area contributed by atoms with Gasteiger partial charge in [-0.15, -0.1) is 0 Å². The fraction of sp³-hybridized carbons (Fsp3) is 0.667. The second kappa shape index (κ2) is 12.5. The number of piperazine rings is 1. The molecule has 2 aliphatic rings. The lowest BCUT2D eigenvalue weighted by atomic mass is 9.92. The van der Waals surface area contributed by atoms with Crippen LogP contribution in [0, 0.1) is 17.2 Å². The SMILES string of the molecule is N#Cc1ccc(OCCCN2CCN(CCCCC3CCN(C(=O)O)CC3)CC2)cc1. The Kier molecular flexibility index (Phi) is 9.44. The predicted octanol–water partition coefficient (Wildman–Crippen LogP) is 3.51. The minimum atomic E-state index is -0.767. The zero-order valence-electron chi connectivity index (χ0n) is 18.5. The quantitative estimate of drug-likeness (QED) is 0.575. The predicted molar refractivity (Wildman–Crippen MR) is 120 cm³/mol. The number of nitrogens with zero attached hydrogens (tertiary/aromatic N) is 4. The van der Waals surface area contributed by atoms with Crippen LogP contribution in [0.4, 0.5) is 4.79 Å². The van der Waals surface area contributed by atoms with E-state index in [-0.39, 0.29) is 0 Å². The Morgan fingerprint density at radius 2 is 1.58 bits per heavy atom. The van der Waals surface area contributed by atoms with E-state index in [0.717, 1.165) is 57.7 Å². The van der Waals surface area contributed by atoms with E-state index in [4.69, 9.17) is 15.1 Å². The molecule has 0 unspecified atom stereocenters. The zero-order valence-corrected chi connectivity index (χ0v) is 18.5. The number of amides is 1. The van der Waals surface area contributed by atoms with Crippen LogP contribution in [0.1, 0.15) is 44.1 Å². The number of hydrogen-bond donors (Lipinski definition) is 1. The third kappa shape index (κ3) is 8.04. The fourth-order valence-corrected chi connectivity index (χ4v) is 4.52. The van der Waals surface area contributed by atoms with E-state index in [1.807, 2.05) is 12.1 Å². The maximum Gasteiger partial charge on any atom is 0.407 e. The molecule has 1 N–H and O–H groups in total. The zero-order chi connectivity index (χ0) is 21.9. The van der Waals surface area contributed by atoms with Crippen LogP contribution in [0.15, 0.2) is 24.3 Å². The number of benzene rings is 1. The Morgan fingerprint density at radius 3 is 2.16 bits per heavy atom. The smallest absolute Gasteiger partial charge is 0.407 e. The van der Waals surface area contributed by atoms with Crippen molar-refractivity contribution in [2.24, 2.45) is 5.92 Å². The number of rotatable bonds is 10. The standard InChI is InChI=1S/C24H36N4O3/c25-20-22-5-7-23(8-6-22)31-19-3-12-27-17-15-26(16-18-27)11-2-1-4-21-9-13-28(14-10-21)24(29)30/h5-8,21H,1-4,9-19H2,(H,29,30). The monoisotopic (exact) mass is 428 g/mol. The first kappa shape index (κ1) is 23.4. The molecule has 0 atom stereocenters. The Morgan fingerprint density at radius 1 is 0.968 bits per heavy atom. The lowest BCUT2D eigenvalue weighted by Crippen LogP contribution is -2.46. The molecule has 2 fully saturated rings. The lowest BCUT2D eigenvalue weighted by Gasteiger charge is -2.35. The molecule has 0 radical (unpaired) electrons. The van der Waals surface area contributed by atoms with Crippen molar-refractivity contribution < 1.29 is 14.6 Å². The van der Waals surface area contributed by atoms with Crippen molar-refractivity contribution in [1.82, 2.24) is 14.7 Å². The summed E-state index contributed by atoms with van der Waals surface area (Å²) in [6.07, 6.45) is 6.05. The van der Waals surface area contributed by atoms with Gasteiger partial charge in [-0.25, -0.2) is 4.79 Å². The van der Waals surface area contributed by atoms with Crippen molar-refractivity contribution in [3.63, 3.8) is 0 Å². The van der Waals surface area contributed by atoms with Gasteiger partial charge in [-0.1, -0.05) is 12.8 Å². The first-order valence-corrected chi connectivity index (χ1v) is 11.7. The molecule has 0 aromatic heterocycles. The van der Waals surface area contributed by atoms with Gasteiger partial charge in [0, 0.05) is 45.8 Å². The summed E-state index contributed by atoms with van der Waals surface area (Å²) in [4.78, 5) is 17.6. The molecule has 170 valence electrons. The van der Waals surface area contributed by atoms with Gasteiger partial charge in [-0.05, 0) is 62.4 Å². The summed E-state index contributed by atoms with van der Waals surface area (Å²) in [5, 5.41) is 17.9. The Bertz CT molecular complexity index is 703. The van der Waals surface area contributed by atoms with Crippen LogP contribution in [0.2, 0.25) is 0 Å². The van der Waals surface area contributed by atoms with Crippen molar-refractivity contribution in [3.05, 3.63) is 29.8 Å². The van der Waals surface area contributed by atoms with Gasteiger partial charge in [0.05, 0.1) is 18.2 Å². The van der Waals surface area contributed by atoms with Crippen LogP contribution < -0.4 is 4.74 Å². The Labute approximate surface area is 186 Å². The average molecular weight is 429 g/mol. The van der Waals surface area contributed by atoms with E-state index in [1.54, 1.807) is 17.0 Å². The van der Waals surface area contributed by atoms with Gasteiger partial charge in [0.1, 0.15) is 5.75 Å². The van der Waals surface area contributed by atoms with Crippen LogP contribution >= 0.6 is 0 Å². The third-order valence-electron chi connectivity index (χ3n) is 6.56. The Balaban J connectivity index is 1.18. The van der Waals surface area contributed by atoms with Crippen molar-refractivity contribution in [1.29, 1.82) is 5.26 Å². The second-order valence-electron chi connectivity index (χ2n) is 8.73. The summed E-state index contributed by atoms with van der Waals surface area (Å²) in [6, 6.07) is 9.41. The molecule has 1 aromatic rings. The molecule has 0 saturated carbocycles. The molecule has 1 aromatic carbocycles. The summed E-state index contributed by atoms with van der Waals surface area (Å²) < 4.78 is 5.77. The van der Waals surface area contributed by atoms with E-state index in [0.29, 0.717) is 31.2 Å². The summed E-state index contributed by atoms with van der Waals surface area (Å²) in [7, 11) is 0. The number of likely N-dealkylation sites (tertiary alicyclic amines) is 1. The number of ether oxygens (including phenoxy) is 1. The minimum absolute atomic E-state index is 0.659. The number of piperidine rings is 1. The van der Waals surface area contributed by atoms with E-state index in [9.17, 15) is 4.79 Å². The molecule has 31 heavy (non-hydrogen) atoms. The van der Waals surface area contributed by atoms with Gasteiger partial charge in [-0.2, -0.15) is 5.26 Å². The molecule has 1 amide bonds. The average Bonchev–Trinajstić information content (AvgIpc) is 2.81. The van der Waals surface area contributed by atoms with E-state index >= 15 is 0 Å². The highest BCUT2D eigenvalue weighted by atomic mass is 16.5. The molecular weight excluding hydrogens is 392 g/mol. The molecule has 7 heteroatoms. The third-order valence-corrected chi connectivity index (χ3v) is 6.56. The van der Waals surface area contributed by atoms with Crippen molar-refractivity contribution in [2.75, 3.05) is 59.0 Å². The first-order valence-electron chi connectivity index (χ1n) is 11.7. The van der Waals surface area contributed by atoms with Crippen LogP contribution in [-0.4, -0.2) is 84.9 Å². The van der Waals surface area contributed by atoms with Gasteiger partial charge < -0.3 is 24.5 Å². The molecule has 3 rings (SSSR count). The molecule has 2 heterocycles. The molecular formula is C24H36N4O3. The largest absolute Gasteiger partial charge is 0.494 e. The number of nitriles is 1. The van der Waals surface area contributed by atoms with Gasteiger partial charge >= 0.3 is 6.09 Å². The van der Waals surface area contributed by atoms with Crippen LogP contribution in [0.5, 0.6) is 5.75 Å². The molecule has 2 saturated heterocycles. The molecule has 0 aliphatic carbocycles. The first-order chi connectivity index (χ1) is 15.1. The maximum absolute atomic E-state index is 11.0. The second-order valence-corrected chi connectivity index (χ2v) is 8.73. The number of unbranched alkanes of at least 4 members (excludes halogenated alkanes) is 1. The number of carbonyl (C=O) groups is 1. The number of carboxylic acid groups (broad SMARTS) is 1. The highest BCUT2D eigenvalue weighted by Crippen LogP contribution is 2.22. The van der Waals surface area contributed by atoms with E-state index in [2.05, 4.69) is 15.9 Å². The summed E-state index contributed by atoms with van der Waals surface area (Å²) in [5.74, 6) is 1.54. The van der Waals surface area contributed by atoms with Crippen LogP contribution in [0.25, 0.3) is 0 Å². The van der Waals surface area contributed by atoms with Crippen LogP contribution in [0.3, 0.4) is 0 Å². The van der Waals surface area contributed by atoms with Gasteiger partial charge in [0.25, 0.3) is 0 Å². The van der Waals surface area contributed by atoms with Crippen molar-refractivity contribution >= 4 is 6.09 Å². The van der Waals surface area contributed by atoms with Crippen molar-refractivity contribution in [3.8, 4) is 11.8 Å². The van der Waals surface area contributed by atoms with Gasteiger partial charge in [0.15, 0.2) is 0 Å². The Hall–Kier alpha value is -2.30. The maximum atomic E-state index is 11.0. The highest BCUT2D eigenvalue weighted by molar-refractivity contribution is 5.64. The van der Waals surface area contributed by atoms with Crippen molar-refractivity contribution in [2.45, 2.75) is 38.5 Å². The molecule has 0 bridgehead atoms. The summed E-state index contributed by atoms with van der Waals surface area (Å²) in [6.45, 7) is 8.93.